The SMILES string of the molecule is CC(=O)NCCNc1nc(Nc2ccc3c(cnn3C)c2)ncc1C(F)(F)F. The van der Waals surface area contributed by atoms with Crippen molar-refractivity contribution in [2.24, 2.45) is 7.05 Å². The largest absolute Gasteiger partial charge is 0.421 e. The van der Waals surface area contributed by atoms with E-state index in [1.807, 2.05) is 13.1 Å². The molecule has 0 saturated heterocycles. The van der Waals surface area contributed by atoms with Crippen LogP contribution in [0.4, 0.5) is 30.6 Å². The van der Waals surface area contributed by atoms with Crippen LogP contribution in [0.15, 0.2) is 30.6 Å². The molecule has 2 aromatic heterocycles. The van der Waals surface area contributed by atoms with Crippen molar-refractivity contribution in [1.29, 1.82) is 0 Å². The van der Waals surface area contributed by atoms with Gasteiger partial charge in [-0.2, -0.15) is 23.3 Å². The Hall–Kier alpha value is -3.37. The van der Waals surface area contributed by atoms with E-state index in [0.29, 0.717) is 5.69 Å². The second-order valence-electron chi connectivity index (χ2n) is 6.03. The fourth-order valence-corrected chi connectivity index (χ4v) is 2.57. The Morgan fingerprint density at radius 3 is 2.71 bits per heavy atom. The lowest BCUT2D eigenvalue weighted by Gasteiger charge is -2.15. The lowest BCUT2D eigenvalue weighted by molar-refractivity contribution is -0.137. The summed E-state index contributed by atoms with van der Waals surface area (Å²) in [5, 5.41) is 13.0. The molecule has 28 heavy (non-hydrogen) atoms. The Bertz CT molecular complexity index is 1000. The molecule has 0 bridgehead atoms. The van der Waals surface area contributed by atoms with Crippen molar-refractivity contribution in [3.8, 4) is 0 Å². The Morgan fingerprint density at radius 1 is 1.21 bits per heavy atom. The summed E-state index contributed by atoms with van der Waals surface area (Å²) in [5.74, 6) is -0.621. The Kier molecular flexibility index (Phi) is 5.34. The van der Waals surface area contributed by atoms with Crippen LogP contribution in [0.5, 0.6) is 0 Å². The second kappa shape index (κ2) is 7.71. The predicted octanol–water partition coefficient (Wildman–Crippen LogP) is 2.67. The third-order valence-electron chi connectivity index (χ3n) is 3.89. The summed E-state index contributed by atoms with van der Waals surface area (Å²) in [6.45, 7) is 1.57. The van der Waals surface area contributed by atoms with Gasteiger partial charge in [-0.15, -0.1) is 0 Å². The zero-order valence-corrected chi connectivity index (χ0v) is 15.1. The highest BCUT2D eigenvalue weighted by atomic mass is 19.4. The van der Waals surface area contributed by atoms with Gasteiger partial charge in [0.15, 0.2) is 0 Å². The van der Waals surface area contributed by atoms with E-state index in [9.17, 15) is 18.0 Å². The third-order valence-corrected chi connectivity index (χ3v) is 3.89. The van der Waals surface area contributed by atoms with Crippen LogP contribution in [-0.4, -0.2) is 38.7 Å². The number of halogens is 3. The van der Waals surface area contributed by atoms with E-state index < -0.39 is 11.7 Å². The van der Waals surface area contributed by atoms with Gasteiger partial charge >= 0.3 is 6.18 Å². The van der Waals surface area contributed by atoms with E-state index >= 15 is 0 Å². The molecule has 3 rings (SSSR count). The summed E-state index contributed by atoms with van der Waals surface area (Å²) in [6, 6.07) is 5.39. The number of benzene rings is 1. The first-order chi connectivity index (χ1) is 13.2. The van der Waals surface area contributed by atoms with Crippen LogP contribution in [0.1, 0.15) is 12.5 Å². The molecule has 0 saturated carbocycles. The van der Waals surface area contributed by atoms with E-state index in [1.165, 1.54) is 6.92 Å². The number of aryl methyl sites for hydroxylation is 1. The fourth-order valence-electron chi connectivity index (χ4n) is 2.57. The Balaban J connectivity index is 1.81. The molecule has 2 heterocycles. The van der Waals surface area contributed by atoms with Crippen LogP contribution in [0.25, 0.3) is 10.9 Å². The predicted molar refractivity (Wildman–Crippen MR) is 98.2 cm³/mol. The number of aromatic nitrogens is 4. The van der Waals surface area contributed by atoms with Crippen molar-refractivity contribution < 1.29 is 18.0 Å². The number of carbonyl (C=O) groups excluding carboxylic acids is 1. The highest BCUT2D eigenvalue weighted by Gasteiger charge is 2.35. The molecule has 0 unspecified atom stereocenters. The van der Waals surface area contributed by atoms with Crippen LogP contribution >= 0.6 is 0 Å². The molecule has 3 aromatic rings. The summed E-state index contributed by atoms with van der Waals surface area (Å²) in [4.78, 5) is 18.6. The molecular weight excluding hydrogens is 375 g/mol. The second-order valence-corrected chi connectivity index (χ2v) is 6.03. The third kappa shape index (κ3) is 4.48. The molecule has 0 atom stereocenters. The van der Waals surface area contributed by atoms with Crippen LogP contribution in [0.3, 0.4) is 0 Å². The van der Waals surface area contributed by atoms with Crippen LogP contribution < -0.4 is 16.0 Å². The quantitative estimate of drug-likeness (QED) is 0.557. The number of nitrogens with zero attached hydrogens (tertiary/aromatic N) is 4. The Labute approximate surface area is 158 Å². The molecule has 3 N–H and O–H groups in total. The van der Waals surface area contributed by atoms with Gasteiger partial charge in [-0.25, -0.2) is 4.98 Å². The first-order valence-electron chi connectivity index (χ1n) is 8.35. The zero-order valence-electron chi connectivity index (χ0n) is 15.1. The molecule has 1 amide bonds. The maximum absolute atomic E-state index is 13.2. The van der Waals surface area contributed by atoms with E-state index in [0.717, 1.165) is 17.1 Å². The summed E-state index contributed by atoms with van der Waals surface area (Å²) >= 11 is 0. The minimum absolute atomic E-state index is 0.0123. The zero-order chi connectivity index (χ0) is 20.3. The molecule has 0 aliphatic carbocycles. The standard InChI is InChI=1S/C17H18F3N7O/c1-10(28)21-5-6-22-15-13(17(18,19)20)9-23-16(26-15)25-12-3-4-14-11(7-12)8-24-27(14)2/h3-4,7-9H,5-6H2,1-2H3,(H,21,28)(H2,22,23,25,26). The number of hydrogen-bond acceptors (Lipinski definition) is 6. The minimum Gasteiger partial charge on any atom is -0.368 e. The van der Waals surface area contributed by atoms with Gasteiger partial charge in [0, 0.05) is 44.3 Å². The highest BCUT2D eigenvalue weighted by molar-refractivity contribution is 5.83. The first-order valence-corrected chi connectivity index (χ1v) is 8.35. The van der Waals surface area contributed by atoms with E-state index in [1.54, 1.807) is 23.0 Å². The van der Waals surface area contributed by atoms with Crippen molar-refractivity contribution in [3.05, 3.63) is 36.2 Å². The van der Waals surface area contributed by atoms with Gasteiger partial charge in [-0.3, -0.25) is 9.48 Å². The molecule has 0 radical (unpaired) electrons. The normalized spacial score (nSPS) is 11.5. The van der Waals surface area contributed by atoms with Crippen LogP contribution in [0.2, 0.25) is 0 Å². The number of anilines is 3. The van der Waals surface area contributed by atoms with Gasteiger partial charge in [0.05, 0.1) is 11.7 Å². The number of rotatable bonds is 6. The smallest absolute Gasteiger partial charge is 0.368 e. The number of hydrogen-bond donors (Lipinski definition) is 3. The number of amides is 1. The summed E-state index contributed by atoms with van der Waals surface area (Å²) in [5.41, 5.74) is 0.548. The van der Waals surface area contributed by atoms with Crippen molar-refractivity contribution >= 4 is 34.3 Å². The monoisotopic (exact) mass is 393 g/mol. The highest BCUT2D eigenvalue weighted by Crippen LogP contribution is 2.34. The molecule has 0 fully saturated rings. The molecule has 1 aromatic carbocycles. The average molecular weight is 393 g/mol. The van der Waals surface area contributed by atoms with Crippen molar-refractivity contribution in [2.75, 3.05) is 23.7 Å². The maximum atomic E-state index is 13.2. The minimum atomic E-state index is -4.61. The van der Waals surface area contributed by atoms with Crippen molar-refractivity contribution in [2.45, 2.75) is 13.1 Å². The summed E-state index contributed by atoms with van der Waals surface area (Å²) < 4.78 is 41.3. The molecule has 0 aliphatic heterocycles. The van der Waals surface area contributed by atoms with Gasteiger partial charge in [-0.05, 0) is 18.2 Å². The Morgan fingerprint density at radius 2 is 2.00 bits per heavy atom. The lowest BCUT2D eigenvalue weighted by Crippen LogP contribution is -2.27. The number of carbonyl (C=O) groups is 1. The van der Waals surface area contributed by atoms with Gasteiger partial charge in [-0.1, -0.05) is 0 Å². The van der Waals surface area contributed by atoms with E-state index in [-0.39, 0.29) is 30.8 Å². The number of fused-ring (bicyclic) bond motifs is 1. The number of nitrogens with one attached hydrogen (secondary N) is 3. The number of alkyl halides is 3. The molecule has 0 aliphatic rings. The topological polar surface area (TPSA) is 96.8 Å². The lowest BCUT2D eigenvalue weighted by atomic mass is 10.2. The average Bonchev–Trinajstić information content (AvgIpc) is 2.98. The summed E-state index contributed by atoms with van der Waals surface area (Å²) in [6.07, 6.45) is -2.20. The van der Waals surface area contributed by atoms with Gasteiger partial charge in [0.2, 0.25) is 11.9 Å². The van der Waals surface area contributed by atoms with Crippen molar-refractivity contribution in [1.82, 2.24) is 25.1 Å². The summed E-state index contributed by atoms with van der Waals surface area (Å²) in [7, 11) is 1.81. The molecule has 8 nitrogen and oxygen atoms in total. The van der Waals surface area contributed by atoms with Crippen LogP contribution in [-0.2, 0) is 18.0 Å². The first kappa shape index (κ1) is 19.4. The van der Waals surface area contributed by atoms with Gasteiger partial charge < -0.3 is 16.0 Å². The van der Waals surface area contributed by atoms with Gasteiger partial charge in [0.25, 0.3) is 0 Å². The van der Waals surface area contributed by atoms with E-state index in [4.69, 9.17) is 0 Å². The fraction of sp³-hybridized carbons (Fsp3) is 0.294. The maximum Gasteiger partial charge on any atom is 0.421 e. The van der Waals surface area contributed by atoms with Gasteiger partial charge in [0.1, 0.15) is 11.4 Å². The molecular formula is C17H18F3N7O. The van der Waals surface area contributed by atoms with E-state index in [2.05, 4.69) is 31.0 Å². The molecule has 11 heteroatoms. The molecule has 0 spiro atoms. The molecule has 148 valence electrons. The van der Waals surface area contributed by atoms with Crippen molar-refractivity contribution in [3.63, 3.8) is 0 Å². The van der Waals surface area contributed by atoms with Crippen LogP contribution in [0, 0.1) is 0 Å².